The van der Waals surface area contributed by atoms with E-state index in [-0.39, 0.29) is 23.8 Å². The van der Waals surface area contributed by atoms with Crippen LogP contribution in [0.3, 0.4) is 0 Å². The standard InChI is InChI=1S/C28H36O6/c1-17(2)12-22(29)21-10-11-23-25(27(21)31-4)28(30)33-16-20-13-18(3)14-24(26(20)34-23)32-15-19-8-6-5-7-9-19/h10-11,13-14,17,19,22,29H,5-9,12,15-16H2,1-4H3/t22-/m0/s1. The fourth-order valence-corrected chi connectivity index (χ4v) is 4.94. The number of methoxy groups -OCH3 is 1. The van der Waals surface area contributed by atoms with Crippen LogP contribution in [0, 0.1) is 18.8 Å². The van der Waals surface area contributed by atoms with E-state index in [9.17, 15) is 9.90 Å². The quantitative estimate of drug-likeness (QED) is 0.467. The lowest BCUT2D eigenvalue weighted by molar-refractivity contribution is 0.0453. The summed E-state index contributed by atoms with van der Waals surface area (Å²) in [7, 11) is 1.49. The van der Waals surface area contributed by atoms with Gasteiger partial charge in [-0.2, -0.15) is 0 Å². The van der Waals surface area contributed by atoms with E-state index in [2.05, 4.69) is 0 Å². The van der Waals surface area contributed by atoms with Crippen molar-refractivity contribution in [3.05, 3.63) is 46.5 Å². The van der Waals surface area contributed by atoms with Crippen molar-refractivity contribution in [2.45, 2.75) is 72.0 Å². The van der Waals surface area contributed by atoms with E-state index in [0.717, 1.165) is 11.1 Å². The van der Waals surface area contributed by atoms with Crippen LogP contribution < -0.4 is 14.2 Å². The summed E-state index contributed by atoms with van der Waals surface area (Å²) in [6.07, 6.45) is 5.98. The van der Waals surface area contributed by atoms with Gasteiger partial charge in [0.15, 0.2) is 11.5 Å². The van der Waals surface area contributed by atoms with Gasteiger partial charge in [0.25, 0.3) is 0 Å². The number of aliphatic hydroxyl groups excluding tert-OH is 1. The topological polar surface area (TPSA) is 74.2 Å². The summed E-state index contributed by atoms with van der Waals surface area (Å²) in [6, 6.07) is 7.40. The molecule has 1 fully saturated rings. The van der Waals surface area contributed by atoms with Crippen molar-refractivity contribution in [3.8, 4) is 23.0 Å². The number of carbonyl (C=O) groups excluding carboxylic acids is 1. The second-order valence-electron chi connectivity index (χ2n) is 9.95. The Balaban J connectivity index is 1.70. The van der Waals surface area contributed by atoms with Gasteiger partial charge in [-0.25, -0.2) is 4.79 Å². The number of fused-ring (bicyclic) bond motifs is 2. The molecule has 2 aliphatic rings. The molecule has 1 aliphatic heterocycles. The number of benzene rings is 2. The van der Waals surface area contributed by atoms with Gasteiger partial charge in [-0.05, 0) is 67.9 Å². The molecule has 0 unspecified atom stereocenters. The lowest BCUT2D eigenvalue weighted by Crippen LogP contribution is -2.17. The molecule has 4 rings (SSSR count). The summed E-state index contributed by atoms with van der Waals surface area (Å²) in [4.78, 5) is 13.1. The van der Waals surface area contributed by atoms with Crippen molar-refractivity contribution in [3.63, 3.8) is 0 Å². The summed E-state index contributed by atoms with van der Waals surface area (Å²) in [6.45, 7) is 6.78. The lowest BCUT2D eigenvalue weighted by atomic mass is 9.90. The average Bonchev–Trinajstić information content (AvgIpc) is 2.81. The first kappa shape index (κ1) is 24.4. The first-order valence-corrected chi connectivity index (χ1v) is 12.4. The van der Waals surface area contributed by atoms with E-state index in [0.29, 0.717) is 41.8 Å². The van der Waals surface area contributed by atoms with Gasteiger partial charge >= 0.3 is 5.97 Å². The number of hydrogen-bond donors (Lipinski definition) is 1. The molecular weight excluding hydrogens is 432 g/mol. The average molecular weight is 469 g/mol. The highest BCUT2D eigenvalue weighted by Gasteiger charge is 2.30. The molecule has 2 aromatic rings. The minimum Gasteiger partial charge on any atom is -0.495 e. The summed E-state index contributed by atoms with van der Waals surface area (Å²) in [5.74, 6) is 2.13. The highest BCUT2D eigenvalue weighted by Crippen LogP contribution is 2.44. The molecule has 34 heavy (non-hydrogen) atoms. The van der Waals surface area contributed by atoms with Gasteiger partial charge in [0.1, 0.15) is 23.7 Å². The summed E-state index contributed by atoms with van der Waals surface area (Å²) in [5.41, 5.74) is 2.52. The van der Waals surface area contributed by atoms with Crippen molar-refractivity contribution >= 4 is 5.97 Å². The summed E-state index contributed by atoms with van der Waals surface area (Å²) in [5, 5.41) is 10.7. The number of cyclic esters (lactones) is 1. The molecule has 1 saturated carbocycles. The molecule has 0 aromatic heterocycles. The van der Waals surface area contributed by atoms with E-state index in [1.807, 2.05) is 32.9 Å². The first-order valence-electron chi connectivity index (χ1n) is 12.4. The molecule has 1 heterocycles. The molecular formula is C28H36O6. The molecule has 1 N–H and O–H groups in total. The smallest absolute Gasteiger partial charge is 0.346 e. The van der Waals surface area contributed by atoms with Gasteiger partial charge in [0.2, 0.25) is 0 Å². The van der Waals surface area contributed by atoms with Crippen LogP contribution in [0.1, 0.15) is 85.5 Å². The van der Waals surface area contributed by atoms with E-state index < -0.39 is 12.1 Å². The Labute approximate surface area is 202 Å². The van der Waals surface area contributed by atoms with E-state index in [1.54, 1.807) is 12.1 Å². The Hall–Kier alpha value is -2.73. The van der Waals surface area contributed by atoms with E-state index in [4.69, 9.17) is 18.9 Å². The monoisotopic (exact) mass is 468 g/mol. The third-order valence-electron chi connectivity index (χ3n) is 6.66. The molecule has 1 aliphatic carbocycles. The fraction of sp³-hybridized carbons (Fsp3) is 0.536. The first-order chi connectivity index (χ1) is 16.4. The largest absolute Gasteiger partial charge is 0.495 e. The number of carbonyl (C=O) groups is 1. The van der Waals surface area contributed by atoms with E-state index in [1.165, 1.54) is 39.2 Å². The minimum absolute atomic E-state index is 0.0665. The zero-order chi connectivity index (χ0) is 24.2. The predicted octanol–water partition coefficient (Wildman–Crippen LogP) is 6.50. The number of aryl methyl sites for hydroxylation is 1. The van der Waals surface area contributed by atoms with Gasteiger partial charge in [-0.15, -0.1) is 0 Å². The zero-order valence-corrected chi connectivity index (χ0v) is 20.7. The van der Waals surface area contributed by atoms with Gasteiger partial charge in [0.05, 0.1) is 19.8 Å². The van der Waals surface area contributed by atoms with Crippen LogP contribution in [-0.4, -0.2) is 24.8 Å². The second-order valence-corrected chi connectivity index (χ2v) is 9.95. The zero-order valence-electron chi connectivity index (χ0n) is 20.7. The molecule has 1 atom stereocenters. The molecule has 6 heteroatoms. The Morgan fingerprint density at radius 2 is 1.91 bits per heavy atom. The highest BCUT2D eigenvalue weighted by atomic mass is 16.6. The molecule has 184 valence electrons. The van der Waals surface area contributed by atoms with Crippen molar-refractivity contribution in [2.24, 2.45) is 11.8 Å². The second kappa shape index (κ2) is 10.7. The van der Waals surface area contributed by atoms with Gasteiger partial charge in [-0.3, -0.25) is 0 Å². The number of ether oxygens (including phenoxy) is 4. The van der Waals surface area contributed by atoms with Crippen molar-refractivity contribution < 1.29 is 28.8 Å². The van der Waals surface area contributed by atoms with Crippen LogP contribution >= 0.6 is 0 Å². The molecule has 0 spiro atoms. The van der Waals surface area contributed by atoms with Gasteiger partial charge < -0.3 is 24.1 Å². The summed E-state index contributed by atoms with van der Waals surface area (Å²) < 4.78 is 23.9. The van der Waals surface area contributed by atoms with Crippen LogP contribution in [0.4, 0.5) is 0 Å². The number of rotatable bonds is 7. The van der Waals surface area contributed by atoms with Crippen molar-refractivity contribution in [1.29, 1.82) is 0 Å². The summed E-state index contributed by atoms with van der Waals surface area (Å²) >= 11 is 0. The number of hydrogen-bond acceptors (Lipinski definition) is 6. The van der Waals surface area contributed by atoms with E-state index >= 15 is 0 Å². The van der Waals surface area contributed by atoms with Crippen LogP contribution in [0.15, 0.2) is 24.3 Å². The van der Waals surface area contributed by atoms with Crippen LogP contribution in [-0.2, 0) is 11.3 Å². The van der Waals surface area contributed by atoms with Crippen molar-refractivity contribution in [1.82, 2.24) is 0 Å². The number of aliphatic hydroxyl groups is 1. The SMILES string of the molecule is COc1c([C@@H](O)CC(C)C)ccc2c1C(=O)OCc1cc(C)cc(OCC3CCCCC3)c1O2. The Kier molecular flexibility index (Phi) is 7.67. The normalized spacial score (nSPS) is 17.1. The fourth-order valence-electron chi connectivity index (χ4n) is 4.94. The molecule has 6 nitrogen and oxygen atoms in total. The van der Waals surface area contributed by atoms with Crippen LogP contribution in [0.5, 0.6) is 23.0 Å². The molecule has 0 bridgehead atoms. The Bertz CT molecular complexity index is 1020. The number of esters is 1. The Morgan fingerprint density at radius 3 is 2.62 bits per heavy atom. The molecule has 0 radical (unpaired) electrons. The maximum Gasteiger partial charge on any atom is 0.346 e. The van der Waals surface area contributed by atoms with Crippen LogP contribution in [0.2, 0.25) is 0 Å². The molecule has 0 saturated heterocycles. The van der Waals surface area contributed by atoms with Crippen LogP contribution in [0.25, 0.3) is 0 Å². The maximum atomic E-state index is 13.1. The minimum atomic E-state index is -0.761. The van der Waals surface area contributed by atoms with Crippen molar-refractivity contribution in [2.75, 3.05) is 13.7 Å². The molecule has 0 amide bonds. The molecule has 2 aromatic carbocycles. The lowest BCUT2D eigenvalue weighted by Gasteiger charge is -2.26. The van der Waals surface area contributed by atoms with Gasteiger partial charge in [-0.1, -0.05) is 33.1 Å². The third kappa shape index (κ3) is 5.33. The third-order valence-corrected chi connectivity index (χ3v) is 6.66. The predicted molar refractivity (Wildman–Crippen MR) is 130 cm³/mol. The highest BCUT2D eigenvalue weighted by molar-refractivity contribution is 5.96. The Morgan fingerprint density at radius 1 is 1.15 bits per heavy atom. The van der Waals surface area contributed by atoms with Gasteiger partial charge in [0, 0.05) is 11.1 Å². The maximum absolute atomic E-state index is 13.1.